The molecule has 1 aliphatic carbocycles. The Morgan fingerprint density at radius 3 is 2.42 bits per heavy atom. The van der Waals surface area contributed by atoms with Crippen LogP contribution in [0.15, 0.2) is 24.3 Å². The van der Waals surface area contributed by atoms with Gasteiger partial charge in [-0.15, -0.1) is 0 Å². The van der Waals surface area contributed by atoms with Crippen LogP contribution in [0.5, 0.6) is 0 Å². The molecule has 0 aromatic heterocycles. The van der Waals surface area contributed by atoms with Gasteiger partial charge in [-0.2, -0.15) is 0 Å². The Morgan fingerprint density at radius 2 is 2.00 bits per heavy atom. The third-order valence-electron chi connectivity index (χ3n) is 3.36. The minimum Gasteiger partial charge on any atom is -0.0998 e. The fourth-order valence-corrected chi connectivity index (χ4v) is 2.02. The van der Waals surface area contributed by atoms with Gasteiger partial charge in [0.05, 0.1) is 0 Å². The van der Waals surface area contributed by atoms with Crippen molar-refractivity contribution in [1.82, 2.24) is 0 Å². The molecule has 1 aliphatic rings. The van der Waals surface area contributed by atoms with Crippen molar-refractivity contribution in [2.75, 3.05) is 0 Å². The lowest BCUT2D eigenvalue weighted by atomic mass is 9.71. The SMILES string of the molecule is C=C(C)C1CC(=C)C(C)C(C)C1. The summed E-state index contributed by atoms with van der Waals surface area (Å²) in [6.45, 7) is 14.9. The van der Waals surface area contributed by atoms with Crippen molar-refractivity contribution in [1.29, 1.82) is 0 Å². The van der Waals surface area contributed by atoms with Crippen LogP contribution in [0, 0.1) is 17.8 Å². The molecule has 0 aliphatic heterocycles. The first kappa shape index (κ1) is 9.57. The van der Waals surface area contributed by atoms with Gasteiger partial charge in [-0.3, -0.25) is 0 Å². The minimum atomic E-state index is 0.698. The van der Waals surface area contributed by atoms with Gasteiger partial charge in [-0.25, -0.2) is 0 Å². The maximum atomic E-state index is 4.14. The zero-order valence-corrected chi connectivity index (χ0v) is 8.56. The molecule has 0 nitrogen and oxygen atoms in total. The van der Waals surface area contributed by atoms with E-state index in [1.54, 1.807) is 0 Å². The van der Waals surface area contributed by atoms with E-state index in [0.717, 1.165) is 5.92 Å². The molecule has 1 rings (SSSR count). The summed E-state index contributed by atoms with van der Waals surface area (Å²) in [6.07, 6.45) is 2.47. The molecule has 0 aromatic carbocycles. The molecule has 1 saturated carbocycles. The predicted octanol–water partition coefficient (Wildman–Crippen LogP) is 3.80. The highest BCUT2D eigenvalue weighted by Gasteiger charge is 2.27. The number of allylic oxidation sites excluding steroid dienone is 2. The zero-order chi connectivity index (χ0) is 9.30. The van der Waals surface area contributed by atoms with Crippen molar-refractivity contribution in [3.05, 3.63) is 24.3 Å². The Kier molecular flexibility index (Phi) is 2.76. The van der Waals surface area contributed by atoms with E-state index in [1.165, 1.54) is 24.0 Å². The van der Waals surface area contributed by atoms with Crippen LogP contribution in [0.1, 0.15) is 33.6 Å². The van der Waals surface area contributed by atoms with Crippen LogP contribution in [0.3, 0.4) is 0 Å². The third-order valence-corrected chi connectivity index (χ3v) is 3.36. The summed E-state index contributed by atoms with van der Waals surface area (Å²) in [5, 5.41) is 0. The number of rotatable bonds is 1. The van der Waals surface area contributed by atoms with Gasteiger partial charge in [-0.05, 0) is 37.5 Å². The Morgan fingerprint density at radius 1 is 1.42 bits per heavy atom. The summed E-state index contributed by atoms with van der Waals surface area (Å²) in [6, 6.07) is 0. The Labute approximate surface area is 76.4 Å². The largest absolute Gasteiger partial charge is 0.0998 e. The number of hydrogen-bond donors (Lipinski definition) is 0. The van der Waals surface area contributed by atoms with Gasteiger partial charge in [0.2, 0.25) is 0 Å². The average molecular weight is 164 g/mol. The molecule has 0 heteroatoms. The van der Waals surface area contributed by atoms with Crippen LogP contribution >= 0.6 is 0 Å². The van der Waals surface area contributed by atoms with Crippen molar-refractivity contribution in [3.8, 4) is 0 Å². The molecular weight excluding hydrogens is 144 g/mol. The van der Waals surface area contributed by atoms with Crippen molar-refractivity contribution < 1.29 is 0 Å². The first-order chi connectivity index (χ1) is 5.52. The first-order valence-electron chi connectivity index (χ1n) is 4.85. The molecule has 0 N–H and O–H groups in total. The molecule has 0 spiro atoms. The van der Waals surface area contributed by atoms with E-state index in [2.05, 4.69) is 33.9 Å². The molecule has 12 heavy (non-hydrogen) atoms. The maximum absolute atomic E-state index is 4.14. The van der Waals surface area contributed by atoms with E-state index in [-0.39, 0.29) is 0 Å². The Balaban J connectivity index is 2.66. The van der Waals surface area contributed by atoms with Crippen LogP contribution in [0.2, 0.25) is 0 Å². The monoisotopic (exact) mass is 164 g/mol. The molecule has 0 aromatic rings. The molecule has 0 heterocycles. The highest BCUT2D eigenvalue weighted by atomic mass is 14.3. The standard InChI is InChI=1S/C12H20/c1-8(2)12-6-9(3)11(5)10(4)7-12/h10-12H,1,3,6-7H2,2,4-5H3. The molecule has 3 atom stereocenters. The van der Waals surface area contributed by atoms with Gasteiger partial charge < -0.3 is 0 Å². The highest BCUT2D eigenvalue weighted by Crippen LogP contribution is 2.38. The Bertz CT molecular complexity index is 200. The molecular formula is C12H20. The average Bonchev–Trinajstić information content (AvgIpc) is 1.99. The zero-order valence-electron chi connectivity index (χ0n) is 8.56. The van der Waals surface area contributed by atoms with Crippen molar-refractivity contribution >= 4 is 0 Å². The Hall–Kier alpha value is -0.520. The lowest BCUT2D eigenvalue weighted by molar-refractivity contribution is 0.297. The van der Waals surface area contributed by atoms with E-state index in [9.17, 15) is 0 Å². The van der Waals surface area contributed by atoms with Crippen LogP contribution in [0.25, 0.3) is 0 Å². The third kappa shape index (κ3) is 1.80. The van der Waals surface area contributed by atoms with Crippen molar-refractivity contribution in [2.45, 2.75) is 33.6 Å². The lowest BCUT2D eigenvalue weighted by Crippen LogP contribution is -2.23. The van der Waals surface area contributed by atoms with E-state index in [4.69, 9.17) is 0 Å². The molecule has 0 saturated heterocycles. The summed E-state index contributed by atoms with van der Waals surface area (Å²) in [5.41, 5.74) is 2.75. The number of hydrogen-bond acceptors (Lipinski definition) is 0. The second-order valence-electron chi connectivity index (χ2n) is 4.41. The van der Waals surface area contributed by atoms with Gasteiger partial charge in [0.15, 0.2) is 0 Å². The topological polar surface area (TPSA) is 0 Å². The molecule has 0 bridgehead atoms. The smallest absolute Gasteiger partial charge is 0.0169 e. The summed E-state index contributed by atoms with van der Waals surface area (Å²) >= 11 is 0. The van der Waals surface area contributed by atoms with Gasteiger partial charge in [-0.1, -0.05) is 38.2 Å². The predicted molar refractivity (Wildman–Crippen MR) is 55.0 cm³/mol. The van der Waals surface area contributed by atoms with Crippen LogP contribution in [-0.2, 0) is 0 Å². The second-order valence-corrected chi connectivity index (χ2v) is 4.41. The van der Waals surface area contributed by atoms with Crippen LogP contribution in [0.4, 0.5) is 0 Å². The first-order valence-corrected chi connectivity index (χ1v) is 4.85. The van der Waals surface area contributed by atoms with Crippen LogP contribution < -0.4 is 0 Å². The van der Waals surface area contributed by atoms with Crippen molar-refractivity contribution in [3.63, 3.8) is 0 Å². The molecule has 3 unspecified atom stereocenters. The maximum Gasteiger partial charge on any atom is -0.0169 e. The van der Waals surface area contributed by atoms with Crippen LogP contribution in [-0.4, -0.2) is 0 Å². The second kappa shape index (κ2) is 3.47. The summed E-state index contributed by atoms with van der Waals surface area (Å²) in [5.74, 6) is 2.19. The van der Waals surface area contributed by atoms with Gasteiger partial charge in [0.1, 0.15) is 0 Å². The van der Waals surface area contributed by atoms with Gasteiger partial charge in [0.25, 0.3) is 0 Å². The minimum absolute atomic E-state index is 0.698. The summed E-state index contributed by atoms with van der Waals surface area (Å²) < 4.78 is 0. The highest BCUT2D eigenvalue weighted by molar-refractivity contribution is 5.12. The van der Waals surface area contributed by atoms with Gasteiger partial charge >= 0.3 is 0 Å². The van der Waals surface area contributed by atoms with E-state index in [1.807, 2.05) is 0 Å². The summed E-state index contributed by atoms with van der Waals surface area (Å²) in [4.78, 5) is 0. The summed E-state index contributed by atoms with van der Waals surface area (Å²) in [7, 11) is 0. The molecule has 68 valence electrons. The van der Waals surface area contributed by atoms with Gasteiger partial charge in [0, 0.05) is 0 Å². The lowest BCUT2D eigenvalue weighted by Gasteiger charge is -2.34. The molecule has 1 fully saturated rings. The quantitative estimate of drug-likeness (QED) is 0.517. The molecule has 0 amide bonds. The van der Waals surface area contributed by atoms with E-state index in [0.29, 0.717) is 11.8 Å². The fourth-order valence-electron chi connectivity index (χ4n) is 2.02. The van der Waals surface area contributed by atoms with E-state index < -0.39 is 0 Å². The van der Waals surface area contributed by atoms with E-state index >= 15 is 0 Å². The molecule has 0 radical (unpaired) electrons. The fraction of sp³-hybridized carbons (Fsp3) is 0.667. The normalized spacial score (nSPS) is 36.6. The van der Waals surface area contributed by atoms with Crippen molar-refractivity contribution in [2.24, 2.45) is 17.8 Å².